The average molecular weight is 368 g/mol. The van der Waals surface area contributed by atoms with Gasteiger partial charge >= 0.3 is 6.36 Å². The molecular formula is C17H15F3N2O4. The third-order valence-electron chi connectivity index (χ3n) is 2.92. The minimum Gasteiger partial charge on any atom is -0.484 e. The summed E-state index contributed by atoms with van der Waals surface area (Å²) in [5, 5.41) is 5.08. The molecule has 0 aliphatic rings. The van der Waals surface area contributed by atoms with Gasteiger partial charge in [-0.2, -0.15) is 0 Å². The number of carbonyl (C=O) groups is 2. The van der Waals surface area contributed by atoms with Crippen LogP contribution in [0.5, 0.6) is 11.5 Å². The highest BCUT2D eigenvalue weighted by molar-refractivity contribution is 5.92. The highest BCUT2D eigenvalue weighted by Gasteiger charge is 2.30. The summed E-state index contributed by atoms with van der Waals surface area (Å²) in [5.74, 6) is -0.653. The molecule has 2 amide bonds. The second-order valence-corrected chi connectivity index (χ2v) is 5.11. The van der Waals surface area contributed by atoms with E-state index in [1.807, 2.05) is 0 Å². The molecule has 9 heteroatoms. The van der Waals surface area contributed by atoms with Crippen molar-refractivity contribution in [3.05, 3.63) is 48.5 Å². The summed E-state index contributed by atoms with van der Waals surface area (Å²) in [6, 6.07) is 11.1. The van der Waals surface area contributed by atoms with Crippen LogP contribution in [0.3, 0.4) is 0 Å². The second-order valence-electron chi connectivity index (χ2n) is 5.11. The number of ether oxygens (including phenoxy) is 2. The zero-order chi connectivity index (χ0) is 19.2. The van der Waals surface area contributed by atoms with Crippen LogP contribution in [0, 0.1) is 0 Å². The normalized spacial score (nSPS) is 10.8. The summed E-state index contributed by atoms with van der Waals surface area (Å²) in [7, 11) is 0. The third kappa shape index (κ3) is 6.71. The molecule has 0 bridgehead atoms. The maximum absolute atomic E-state index is 12.1. The lowest BCUT2D eigenvalue weighted by molar-refractivity contribution is -0.274. The Morgan fingerprint density at radius 1 is 0.885 bits per heavy atom. The smallest absolute Gasteiger partial charge is 0.484 e. The third-order valence-corrected chi connectivity index (χ3v) is 2.92. The van der Waals surface area contributed by atoms with Gasteiger partial charge in [-0.1, -0.05) is 0 Å². The van der Waals surface area contributed by atoms with Gasteiger partial charge in [0.25, 0.3) is 5.91 Å². The van der Waals surface area contributed by atoms with Crippen LogP contribution in [-0.4, -0.2) is 24.8 Å². The van der Waals surface area contributed by atoms with Crippen LogP contribution in [0.25, 0.3) is 0 Å². The van der Waals surface area contributed by atoms with Gasteiger partial charge in [0, 0.05) is 18.3 Å². The summed E-state index contributed by atoms with van der Waals surface area (Å²) in [5.41, 5.74) is 0.893. The number of rotatable bonds is 6. The Hall–Kier alpha value is -3.23. The molecule has 6 nitrogen and oxygen atoms in total. The molecule has 2 N–H and O–H groups in total. The zero-order valence-electron chi connectivity index (χ0n) is 13.6. The molecule has 2 aromatic rings. The number of anilines is 2. The van der Waals surface area contributed by atoms with E-state index in [1.165, 1.54) is 19.1 Å². The van der Waals surface area contributed by atoms with Crippen LogP contribution >= 0.6 is 0 Å². The Balaban J connectivity index is 1.82. The van der Waals surface area contributed by atoms with Crippen LogP contribution in [0.4, 0.5) is 24.5 Å². The molecule has 0 atom stereocenters. The van der Waals surface area contributed by atoms with Gasteiger partial charge in [-0.15, -0.1) is 13.2 Å². The number of halogens is 3. The van der Waals surface area contributed by atoms with E-state index in [2.05, 4.69) is 15.4 Å². The fourth-order valence-corrected chi connectivity index (χ4v) is 1.92. The summed E-state index contributed by atoms with van der Waals surface area (Å²) in [6.45, 7) is 1.09. The van der Waals surface area contributed by atoms with Gasteiger partial charge in [-0.3, -0.25) is 9.59 Å². The Kier molecular flexibility index (Phi) is 6.05. The molecule has 0 radical (unpaired) electrons. The molecule has 0 heterocycles. The molecule has 138 valence electrons. The van der Waals surface area contributed by atoms with Gasteiger partial charge < -0.3 is 20.1 Å². The molecule has 0 aliphatic carbocycles. The van der Waals surface area contributed by atoms with E-state index >= 15 is 0 Å². The summed E-state index contributed by atoms with van der Waals surface area (Å²) < 4.78 is 45.2. The molecule has 2 aromatic carbocycles. The van der Waals surface area contributed by atoms with Crippen LogP contribution in [-0.2, 0) is 9.59 Å². The topological polar surface area (TPSA) is 76.7 Å². The first-order valence-corrected chi connectivity index (χ1v) is 7.37. The van der Waals surface area contributed by atoms with E-state index in [0.717, 1.165) is 12.1 Å². The minimum atomic E-state index is -4.77. The SMILES string of the molecule is CC(=O)Nc1ccc(OCC(=O)Nc2ccc(OC(F)(F)F)cc2)cc1. The fraction of sp³-hybridized carbons (Fsp3) is 0.176. The molecule has 0 saturated heterocycles. The van der Waals surface area contributed by atoms with Crippen LogP contribution in [0.2, 0.25) is 0 Å². The number of alkyl halides is 3. The molecule has 2 rings (SSSR count). The molecule has 0 fully saturated rings. The first-order chi connectivity index (χ1) is 12.2. The standard InChI is InChI=1S/C17H15F3N2O4/c1-11(23)21-12-2-6-14(7-3-12)25-10-16(24)22-13-4-8-15(9-5-13)26-17(18,19)20/h2-9H,10H2,1H3,(H,21,23)(H,22,24). The van der Waals surface area contributed by atoms with E-state index in [0.29, 0.717) is 17.1 Å². The van der Waals surface area contributed by atoms with Crippen molar-refractivity contribution in [2.45, 2.75) is 13.3 Å². The van der Waals surface area contributed by atoms with E-state index in [-0.39, 0.29) is 18.3 Å². The molecule has 0 spiro atoms. The minimum absolute atomic E-state index is 0.204. The van der Waals surface area contributed by atoms with Gasteiger partial charge in [-0.05, 0) is 48.5 Å². The van der Waals surface area contributed by atoms with Crippen LogP contribution in [0.15, 0.2) is 48.5 Å². The predicted octanol–water partition coefficient (Wildman–Crippen LogP) is 3.56. The number of hydrogen-bond donors (Lipinski definition) is 2. The lowest BCUT2D eigenvalue weighted by atomic mass is 10.3. The van der Waals surface area contributed by atoms with Gasteiger partial charge in [-0.25, -0.2) is 0 Å². The first kappa shape index (κ1) is 19.1. The number of nitrogens with one attached hydrogen (secondary N) is 2. The molecular weight excluding hydrogens is 353 g/mol. The Labute approximate surface area is 146 Å². The van der Waals surface area contributed by atoms with Crippen molar-refractivity contribution < 1.29 is 32.2 Å². The van der Waals surface area contributed by atoms with Crippen molar-refractivity contribution in [2.24, 2.45) is 0 Å². The number of benzene rings is 2. The van der Waals surface area contributed by atoms with Crippen molar-refractivity contribution in [1.82, 2.24) is 0 Å². The lowest BCUT2D eigenvalue weighted by Gasteiger charge is -2.10. The number of carbonyl (C=O) groups excluding carboxylic acids is 2. The largest absolute Gasteiger partial charge is 0.573 e. The zero-order valence-corrected chi connectivity index (χ0v) is 13.6. The van der Waals surface area contributed by atoms with Crippen molar-refractivity contribution >= 4 is 23.2 Å². The quantitative estimate of drug-likeness (QED) is 0.817. The Morgan fingerprint density at radius 3 is 1.88 bits per heavy atom. The summed E-state index contributed by atoms with van der Waals surface area (Å²) in [6.07, 6.45) is -4.77. The molecule has 26 heavy (non-hydrogen) atoms. The average Bonchev–Trinajstić information content (AvgIpc) is 2.54. The van der Waals surface area contributed by atoms with E-state index in [1.54, 1.807) is 24.3 Å². The van der Waals surface area contributed by atoms with Crippen molar-refractivity contribution in [2.75, 3.05) is 17.2 Å². The second kappa shape index (κ2) is 8.24. The predicted molar refractivity (Wildman–Crippen MR) is 88.0 cm³/mol. The van der Waals surface area contributed by atoms with Gasteiger partial charge in [0.1, 0.15) is 11.5 Å². The monoisotopic (exact) mass is 368 g/mol. The maximum atomic E-state index is 12.1. The van der Waals surface area contributed by atoms with Gasteiger partial charge in [0.2, 0.25) is 5.91 Å². The highest BCUT2D eigenvalue weighted by Crippen LogP contribution is 2.24. The van der Waals surface area contributed by atoms with Crippen molar-refractivity contribution in [3.8, 4) is 11.5 Å². The van der Waals surface area contributed by atoms with E-state index < -0.39 is 12.3 Å². The molecule has 0 aromatic heterocycles. The van der Waals surface area contributed by atoms with Crippen molar-refractivity contribution in [3.63, 3.8) is 0 Å². The first-order valence-electron chi connectivity index (χ1n) is 7.37. The molecule has 0 saturated carbocycles. The number of amides is 2. The number of hydrogen-bond acceptors (Lipinski definition) is 4. The Morgan fingerprint density at radius 2 is 1.38 bits per heavy atom. The van der Waals surface area contributed by atoms with Crippen LogP contribution in [0.1, 0.15) is 6.92 Å². The Bertz CT molecular complexity index is 759. The fourth-order valence-electron chi connectivity index (χ4n) is 1.92. The van der Waals surface area contributed by atoms with E-state index in [4.69, 9.17) is 4.74 Å². The maximum Gasteiger partial charge on any atom is 0.573 e. The van der Waals surface area contributed by atoms with Gasteiger partial charge in [0.15, 0.2) is 6.61 Å². The summed E-state index contributed by atoms with van der Waals surface area (Å²) in [4.78, 5) is 22.7. The lowest BCUT2D eigenvalue weighted by Crippen LogP contribution is -2.20. The molecule has 0 unspecified atom stereocenters. The van der Waals surface area contributed by atoms with E-state index in [9.17, 15) is 22.8 Å². The summed E-state index contributed by atoms with van der Waals surface area (Å²) >= 11 is 0. The van der Waals surface area contributed by atoms with Crippen LogP contribution < -0.4 is 20.1 Å². The van der Waals surface area contributed by atoms with Crippen molar-refractivity contribution in [1.29, 1.82) is 0 Å². The van der Waals surface area contributed by atoms with Gasteiger partial charge in [0.05, 0.1) is 0 Å². The molecule has 0 aliphatic heterocycles. The highest BCUT2D eigenvalue weighted by atomic mass is 19.4.